The molecule has 27 heavy (non-hydrogen) atoms. The van der Waals surface area contributed by atoms with E-state index in [1.807, 2.05) is 13.0 Å². The fraction of sp³-hybridized carbons (Fsp3) is 0.650. The lowest BCUT2D eigenvalue weighted by atomic mass is 10.2. The molecule has 1 atom stereocenters. The van der Waals surface area contributed by atoms with Gasteiger partial charge in [0.05, 0.1) is 17.2 Å². The van der Waals surface area contributed by atoms with E-state index in [0.29, 0.717) is 10.9 Å². The van der Waals surface area contributed by atoms with E-state index in [1.54, 1.807) is 24.3 Å². The predicted octanol–water partition coefficient (Wildman–Crippen LogP) is 2.03. The summed E-state index contributed by atoms with van der Waals surface area (Å²) in [6, 6.07) is 9.73. The SMILES string of the molecule is CCNC(=NCCS(=O)(=O)c1ccccc1)NC1CCN(C2CCCC2)C1. The van der Waals surface area contributed by atoms with E-state index >= 15 is 0 Å². The van der Waals surface area contributed by atoms with E-state index in [-0.39, 0.29) is 12.3 Å². The fourth-order valence-corrected chi connectivity index (χ4v) is 5.18. The summed E-state index contributed by atoms with van der Waals surface area (Å²) in [4.78, 5) is 7.47. The molecule has 1 saturated heterocycles. The Morgan fingerprint density at radius 2 is 1.93 bits per heavy atom. The van der Waals surface area contributed by atoms with Gasteiger partial charge in [-0.15, -0.1) is 0 Å². The van der Waals surface area contributed by atoms with Gasteiger partial charge in [-0.1, -0.05) is 31.0 Å². The first kappa shape index (κ1) is 20.1. The van der Waals surface area contributed by atoms with Crippen LogP contribution in [0.4, 0.5) is 0 Å². The van der Waals surface area contributed by atoms with Crippen LogP contribution in [0.5, 0.6) is 0 Å². The number of nitrogens with one attached hydrogen (secondary N) is 2. The number of guanidine groups is 1. The summed E-state index contributed by atoms with van der Waals surface area (Å²) in [5, 5.41) is 6.74. The van der Waals surface area contributed by atoms with Gasteiger partial charge in [-0.2, -0.15) is 0 Å². The second kappa shape index (κ2) is 9.55. The number of hydrogen-bond donors (Lipinski definition) is 2. The van der Waals surface area contributed by atoms with Crippen LogP contribution >= 0.6 is 0 Å². The highest BCUT2D eigenvalue weighted by Crippen LogP contribution is 2.26. The highest BCUT2D eigenvalue weighted by atomic mass is 32.2. The first-order chi connectivity index (χ1) is 13.1. The Bertz CT molecular complexity index is 715. The molecule has 2 aliphatic rings. The van der Waals surface area contributed by atoms with Crippen LogP contribution in [0.25, 0.3) is 0 Å². The molecule has 0 aromatic heterocycles. The van der Waals surface area contributed by atoms with Crippen LogP contribution < -0.4 is 10.6 Å². The third-order valence-electron chi connectivity index (χ3n) is 5.48. The Hall–Kier alpha value is -1.60. The highest BCUT2D eigenvalue weighted by molar-refractivity contribution is 7.91. The molecule has 1 heterocycles. The fourth-order valence-electron chi connectivity index (χ4n) is 4.04. The zero-order valence-corrected chi connectivity index (χ0v) is 17.0. The molecule has 7 heteroatoms. The lowest BCUT2D eigenvalue weighted by molar-refractivity contribution is 0.242. The van der Waals surface area contributed by atoms with Gasteiger partial charge in [0.1, 0.15) is 0 Å². The largest absolute Gasteiger partial charge is 0.357 e. The van der Waals surface area contributed by atoms with E-state index in [0.717, 1.165) is 38.1 Å². The van der Waals surface area contributed by atoms with Gasteiger partial charge in [-0.3, -0.25) is 9.89 Å². The first-order valence-electron chi connectivity index (χ1n) is 10.1. The molecule has 1 unspecified atom stereocenters. The van der Waals surface area contributed by atoms with Crippen molar-refractivity contribution in [3.8, 4) is 0 Å². The predicted molar refractivity (Wildman–Crippen MR) is 110 cm³/mol. The number of nitrogens with zero attached hydrogens (tertiary/aromatic N) is 2. The smallest absolute Gasteiger partial charge is 0.191 e. The Labute approximate surface area is 163 Å². The van der Waals surface area contributed by atoms with Gasteiger partial charge in [0.15, 0.2) is 15.8 Å². The molecule has 1 aliphatic heterocycles. The average Bonchev–Trinajstić information content (AvgIpc) is 3.34. The molecule has 0 bridgehead atoms. The molecule has 1 aromatic rings. The van der Waals surface area contributed by atoms with Crippen LogP contribution in [0.3, 0.4) is 0 Å². The van der Waals surface area contributed by atoms with E-state index in [9.17, 15) is 8.42 Å². The van der Waals surface area contributed by atoms with Crippen molar-refractivity contribution in [1.82, 2.24) is 15.5 Å². The lowest BCUT2D eigenvalue weighted by Crippen LogP contribution is -2.45. The second-order valence-corrected chi connectivity index (χ2v) is 9.56. The topological polar surface area (TPSA) is 73.8 Å². The van der Waals surface area contributed by atoms with Gasteiger partial charge in [-0.05, 0) is 38.3 Å². The molecule has 0 radical (unpaired) electrons. The molecule has 0 spiro atoms. The van der Waals surface area contributed by atoms with Gasteiger partial charge < -0.3 is 10.6 Å². The maximum Gasteiger partial charge on any atom is 0.191 e. The normalized spacial score (nSPS) is 22.3. The van der Waals surface area contributed by atoms with Crippen LogP contribution in [0.1, 0.15) is 39.0 Å². The Morgan fingerprint density at radius 3 is 2.63 bits per heavy atom. The van der Waals surface area contributed by atoms with Crippen molar-refractivity contribution >= 4 is 15.8 Å². The molecule has 1 saturated carbocycles. The summed E-state index contributed by atoms with van der Waals surface area (Å²) in [6.45, 7) is 5.24. The Morgan fingerprint density at radius 1 is 1.19 bits per heavy atom. The summed E-state index contributed by atoms with van der Waals surface area (Å²) in [6.07, 6.45) is 6.50. The van der Waals surface area contributed by atoms with Gasteiger partial charge >= 0.3 is 0 Å². The minimum absolute atomic E-state index is 0.0203. The van der Waals surface area contributed by atoms with Crippen molar-refractivity contribution in [2.75, 3.05) is 31.9 Å². The van der Waals surface area contributed by atoms with Gasteiger partial charge in [0.25, 0.3) is 0 Å². The summed E-state index contributed by atoms with van der Waals surface area (Å²) in [7, 11) is -3.29. The minimum Gasteiger partial charge on any atom is -0.357 e. The second-order valence-electron chi connectivity index (χ2n) is 7.46. The monoisotopic (exact) mass is 392 g/mol. The quantitative estimate of drug-likeness (QED) is 0.549. The number of aliphatic imine (C=N–C) groups is 1. The summed E-state index contributed by atoms with van der Waals surface area (Å²) < 4.78 is 24.8. The van der Waals surface area contributed by atoms with E-state index < -0.39 is 9.84 Å². The van der Waals surface area contributed by atoms with Crippen molar-refractivity contribution < 1.29 is 8.42 Å². The molecular weight excluding hydrogens is 360 g/mol. The average molecular weight is 393 g/mol. The third-order valence-corrected chi connectivity index (χ3v) is 7.19. The molecule has 150 valence electrons. The van der Waals surface area contributed by atoms with Crippen molar-refractivity contribution in [3.63, 3.8) is 0 Å². The lowest BCUT2D eigenvalue weighted by Gasteiger charge is -2.24. The van der Waals surface area contributed by atoms with Crippen LogP contribution in [0, 0.1) is 0 Å². The number of benzene rings is 1. The molecule has 1 aromatic carbocycles. The van der Waals surface area contributed by atoms with Crippen LogP contribution in [0.15, 0.2) is 40.2 Å². The zero-order valence-electron chi connectivity index (χ0n) is 16.2. The summed E-state index contributed by atoms with van der Waals surface area (Å²) in [5.41, 5.74) is 0. The Balaban J connectivity index is 1.52. The van der Waals surface area contributed by atoms with Crippen molar-refractivity contribution in [2.24, 2.45) is 4.99 Å². The number of likely N-dealkylation sites (tertiary alicyclic amines) is 1. The van der Waals surface area contributed by atoms with Gasteiger partial charge in [-0.25, -0.2) is 8.42 Å². The Kier molecular flexibility index (Phi) is 7.13. The van der Waals surface area contributed by atoms with Crippen LogP contribution in [0.2, 0.25) is 0 Å². The van der Waals surface area contributed by atoms with E-state index in [2.05, 4.69) is 20.5 Å². The minimum atomic E-state index is -3.29. The molecule has 3 rings (SSSR count). The van der Waals surface area contributed by atoms with E-state index in [4.69, 9.17) is 0 Å². The molecular formula is C20H32N4O2S. The molecule has 0 amide bonds. The molecule has 1 aliphatic carbocycles. The van der Waals surface area contributed by atoms with Crippen molar-refractivity contribution in [1.29, 1.82) is 0 Å². The molecule has 2 fully saturated rings. The molecule has 6 nitrogen and oxygen atoms in total. The van der Waals surface area contributed by atoms with Crippen molar-refractivity contribution in [2.45, 2.75) is 56.0 Å². The number of rotatable bonds is 7. The van der Waals surface area contributed by atoms with Gasteiger partial charge in [0.2, 0.25) is 0 Å². The van der Waals surface area contributed by atoms with E-state index in [1.165, 1.54) is 25.7 Å². The maximum absolute atomic E-state index is 12.4. The van der Waals surface area contributed by atoms with Crippen molar-refractivity contribution in [3.05, 3.63) is 30.3 Å². The summed E-state index contributed by atoms with van der Waals surface area (Å²) in [5.74, 6) is 0.742. The highest BCUT2D eigenvalue weighted by Gasteiger charge is 2.30. The number of sulfone groups is 1. The van der Waals surface area contributed by atoms with Crippen LogP contribution in [-0.2, 0) is 9.84 Å². The summed E-state index contributed by atoms with van der Waals surface area (Å²) >= 11 is 0. The molecule has 2 N–H and O–H groups in total. The zero-order chi connectivity index (χ0) is 19.1. The maximum atomic E-state index is 12.4. The standard InChI is InChI=1S/C20H32N4O2S/c1-2-21-20(22-13-15-27(25,26)19-10-4-3-5-11-19)23-17-12-14-24(16-17)18-8-6-7-9-18/h3-5,10-11,17-18H,2,6-9,12-16H2,1H3,(H2,21,22,23). The number of hydrogen-bond acceptors (Lipinski definition) is 4. The first-order valence-corrected chi connectivity index (χ1v) is 11.8. The van der Waals surface area contributed by atoms with Crippen LogP contribution in [-0.4, -0.2) is 63.3 Å². The van der Waals surface area contributed by atoms with Gasteiger partial charge in [0, 0.05) is 31.7 Å². The third kappa shape index (κ3) is 5.69.